The molecule has 0 bridgehead atoms. The van der Waals surface area contributed by atoms with Gasteiger partial charge in [-0.3, -0.25) is 10.1 Å². The van der Waals surface area contributed by atoms with Crippen LogP contribution in [-0.4, -0.2) is 10.0 Å². The highest BCUT2D eigenvalue weighted by molar-refractivity contribution is 5.48. The van der Waals surface area contributed by atoms with Gasteiger partial charge in [-0.2, -0.15) is 0 Å². The normalized spacial score (nSPS) is 10.3. The molecule has 0 aliphatic rings. The molecule has 2 aromatic rings. The van der Waals surface area contributed by atoms with Gasteiger partial charge in [-0.25, -0.2) is 0 Å². The highest BCUT2D eigenvalue weighted by Crippen LogP contribution is 2.28. The van der Waals surface area contributed by atoms with Crippen molar-refractivity contribution in [1.29, 1.82) is 0 Å². The van der Waals surface area contributed by atoms with Gasteiger partial charge in [0, 0.05) is 6.07 Å². The summed E-state index contributed by atoms with van der Waals surface area (Å²) in [6.45, 7) is 2.04. The van der Waals surface area contributed by atoms with Crippen molar-refractivity contribution in [2.24, 2.45) is 0 Å². The second kappa shape index (κ2) is 6.16. The predicted octanol–water partition coefficient (Wildman–Crippen LogP) is 2.97. The average molecular weight is 273 g/mol. The lowest BCUT2D eigenvalue weighted by atomic mass is 10.1. The number of nitro groups is 1. The van der Waals surface area contributed by atoms with Crippen LogP contribution in [0.2, 0.25) is 0 Å². The summed E-state index contributed by atoms with van der Waals surface area (Å²) in [6, 6.07) is 12.1. The van der Waals surface area contributed by atoms with Crippen LogP contribution in [0.5, 0.6) is 5.75 Å². The summed E-state index contributed by atoms with van der Waals surface area (Å²) in [5.74, 6) is 0.169. The second-order valence-corrected chi connectivity index (χ2v) is 4.50. The lowest BCUT2D eigenvalue weighted by Gasteiger charge is -2.08. The van der Waals surface area contributed by atoms with E-state index < -0.39 is 4.92 Å². The first-order valence-corrected chi connectivity index (χ1v) is 6.16. The summed E-state index contributed by atoms with van der Waals surface area (Å²) < 4.78 is 5.53. The highest BCUT2D eigenvalue weighted by atomic mass is 16.6. The van der Waals surface area contributed by atoms with Gasteiger partial charge >= 0.3 is 5.69 Å². The predicted molar refractivity (Wildman–Crippen MR) is 74.5 cm³/mol. The molecule has 0 spiro atoms. The average Bonchev–Trinajstić information content (AvgIpc) is 2.44. The van der Waals surface area contributed by atoms with Gasteiger partial charge < -0.3 is 9.84 Å². The van der Waals surface area contributed by atoms with Crippen LogP contribution in [0, 0.1) is 17.0 Å². The van der Waals surface area contributed by atoms with E-state index in [0.29, 0.717) is 5.56 Å². The fourth-order valence-electron chi connectivity index (χ4n) is 1.89. The summed E-state index contributed by atoms with van der Waals surface area (Å²) in [7, 11) is 0. The molecule has 0 saturated carbocycles. The Balaban J connectivity index is 2.21. The summed E-state index contributed by atoms with van der Waals surface area (Å²) in [4.78, 5) is 10.5. The maximum absolute atomic E-state index is 10.9. The third-order valence-corrected chi connectivity index (χ3v) is 2.88. The first-order valence-electron chi connectivity index (χ1n) is 6.16. The second-order valence-electron chi connectivity index (χ2n) is 4.50. The maximum Gasteiger partial charge on any atom is 0.310 e. The molecule has 5 nitrogen and oxygen atoms in total. The van der Waals surface area contributed by atoms with E-state index in [1.807, 2.05) is 31.2 Å². The van der Waals surface area contributed by atoms with Crippen molar-refractivity contribution in [3.8, 4) is 5.75 Å². The van der Waals surface area contributed by atoms with E-state index in [-0.39, 0.29) is 24.7 Å². The Labute approximate surface area is 116 Å². The van der Waals surface area contributed by atoms with Gasteiger partial charge in [0.15, 0.2) is 5.75 Å². The zero-order chi connectivity index (χ0) is 14.5. The zero-order valence-corrected chi connectivity index (χ0v) is 11.1. The third-order valence-electron chi connectivity index (χ3n) is 2.88. The van der Waals surface area contributed by atoms with E-state index in [1.165, 1.54) is 18.2 Å². The number of hydrogen-bond donors (Lipinski definition) is 1. The van der Waals surface area contributed by atoms with Crippen LogP contribution in [-0.2, 0) is 13.2 Å². The monoisotopic (exact) mass is 273 g/mol. The van der Waals surface area contributed by atoms with Gasteiger partial charge in [0.1, 0.15) is 6.61 Å². The molecule has 0 saturated heterocycles. The van der Waals surface area contributed by atoms with Gasteiger partial charge in [-0.1, -0.05) is 29.8 Å². The van der Waals surface area contributed by atoms with Crippen molar-refractivity contribution < 1.29 is 14.8 Å². The summed E-state index contributed by atoms with van der Waals surface area (Å²) in [6.07, 6.45) is 0. The molecule has 0 heterocycles. The number of hydrogen-bond acceptors (Lipinski definition) is 4. The Bertz CT molecular complexity index is 625. The Morgan fingerprint density at radius 2 is 2.00 bits per heavy atom. The Morgan fingerprint density at radius 3 is 2.65 bits per heavy atom. The van der Waals surface area contributed by atoms with Crippen LogP contribution in [0.15, 0.2) is 42.5 Å². The summed E-state index contributed by atoms with van der Waals surface area (Å²) in [5, 5.41) is 20.0. The number of aryl methyl sites for hydroxylation is 1. The van der Waals surface area contributed by atoms with Crippen LogP contribution >= 0.6 is 0 Å². The fourth-order valence-corrected chi connectivity index (χ4v) is 1.89. The van der Waals surface area contributed by atoms with Gasteiger partial charge in [0.05, 0.1) is 11.5 Å². The van der Waals surface area contributed by atoms with Crippen LogP contribution in [0.4, 0.5) is 5.69 Å². The van der Waals surface area contributed by atoms with Crippen molar-refractivity contribution in [2.75, 3.05) is 0 Å². The SMILES string of the molecule is Cc1cccc(COc2cc(CO)ccc2[N+](=O)[O-])c1. The molecule has 104 valence electrons. The molecule has 0 unspecified atom stereocenters. The first kappa shape index (κ1) is 14.0. The molecular formula is C15H15NO4. The van der Waals surface area contributed by atoms with Gasteiger partial charge in [0.25, 0.3) is 0 Å². The minimum Gasteiger partial charge on any atom is -0.482 e. The summed E-state index contributed by atoms with van der Waals surface area (Å²) >= 11 is 0. The highest BCUT2D eigenvalue weighted by Gasteiger charge is 2.15. The molecule has 0 radical (unpaired) electrons. The fraction of sp³-hybridized carbons (Fsp3) is 0.200. The Morgan fingerprint density at radius 1 is 1.20 bits per heavy atom. The van der Waals surface area contributed by atoms with Gasteiger partial charge in [-0.05, 0) is 30.2 Å². The lowest BCUT2D eigenvalue weighted by molar-refractivity contribution is -0.386. The summed E-state index contributed by atoms with van der Waals surface area (Å²) in [5.41, 5.74) is 2.52. The smallest absolute Gasteiger partial charge is 0.310 e. The molecule has 0 atom stereocenters. The van der Waals surface area contributed by atoms with Crippen molar-refractivity contribution in [3.05, 3.63) is 69.3 Å². The van der Waals surface area contributed by atoms with Gasteiger partial charge in [0.2, 0.25) is 0 Å². The molecule has 0 amide bonds. The van der Waals surface area contributed by atoms with Crippen molar-refractivity contribution in [3.63, 3.8) is 0 Å². The Hall–Kier alpha value is -2.40. The number of benzene rings is 2. The van der Waals surface area contributed by atoms with Crippen LogP contribution in [0.25, 0.3) is 0 Å². The molecule has 2 rings (SSSR count). The minimum absolute atomic E-state index is 0.102. The lowest BCUT2D eigenvalue weighted by Crippen LogP contribution is -2.00. The first-order chi connectivity index (χ1) is 9.60. The van der Waals surface area contributed by atoms with E-state index in [0.717, 1.165) is 11.1 Å². The zero-order valence-electron chi connectivity index (χ0n) is 11.1. The number of aliphatic hydroxyl groups is 1. The largest absolute Gasteiger partial charge is 0.482 e. The maximum atomic E-state index is 10.9. The van der Waals surface area contributed by atoms with Gasteiger partial charge in [-0.15, -0.1) is 0 Å². The van der Waals surface area contributed by atoms with E-state index >= 15 is 0 Å². The molecule has 20 heavy (non-hydrogen) atoms. The molecule has 1 N–H and O–H groups in total. The minimum atomic E-state index is -0.493. The molecule has 0 fully saturated rings. The van der Waals surface area contributed by atoms with E-state index in [9.17, 15) is 10.1 Å². The topological polar surface area (TPSA) is 72.6 Å². The standard InChI is InChI=1S/C15H15NO4/c1-11-3-2-4-13(7-11)10-20-15-8-12(9-17)5-6-14(15)16(18)19/h2-8,17H,9-10H2,1H3. The molecular weight excluding hydrogens is 258 g/mol. The third kappa shape index (κ3) is 3.33. The van der Waals surface area contributed by atoms with Crippen molar-refractivity contribution in [2.45, 2.75) is 20.1 Å². The molecule has 0 aromatic heterocycles. The van der Waals surface area contributed by atoms with Crippen LogP contribution < -0.4 is 4.74 Å². The number of aliphatic hydroxyl groups excluding tert-OH is 1. The number of nitrogens with zero attached hydrogens (tertiary/aromatic N) is 1. The quantitative estimate of drug-likeness (QED) is 0.671. The number of rotatable bonds is 5. The molecule has 2 aromatic carbocycles. The van der Waals surface area contributed by atoms with Crippen LogP contribution in [0.1, 0.15) is 16.7 Å². The molecule has 0 aliphatic carbocycles. The van der Waals surface area contributed by atoms with Crippen molar-refractivity contribution >= 4 is 5.69 Å². The van der Waals surface area contributed by atoms with E-state index in [2.05, 4.69) is 0 Å². The van der Waals surface area contributed by atoms with Crippen molar-refractivity contribution in [1.82, 2.24) is 0 Å². The van der Waals surface area contributed by atoms with E-state index in [1.54, 1.807) is 0 Å². The number of nitro benzene ring substituents is 1. The van der Waals surface area contributed by atoms with E-state index in [4.69, 9.17) is 9.84 Å². The number of ether oxygens (including phenoxy) is 1. The van der Waals surface area contributed by atoms with Crippen LogP contribution in [0.3, 0.4) is 0 Å². The Kier molecular flexibility index (Phi) is 4.32. The molecule has 5 heteroatoms. The molecule has 0 aliphatic heterocycles.